The molecule has 0 radical (unpaired) electrons. The molecule has 0 atom stereocenters. The summed E-state index contributed by atoms with van der Waals surface area (Å²) in [5, 5.41) is 0.842. The van der Waals surface area contributed by atoms with Gasteiger partial charge in [0, 0.05) is 17.6 Å². The number of carbonyl (C=O) groups is 1. The molecule has 1 saturated carbocycles. The number of fused-ring (bicyclic) bond motifs is 1. The molecule has 1 heterocycles. The molecule has 0 amide bonds. The minimum Gasteiger partial charge on any atom is -0.468 e. The molecular formula is C16H20N2O4S. The fourth-order valence-electron chi connectivity index (χ4n) is 2.17. The van der Waals surface area contributed by atoms with Crippen LogP contribution in [0.4, 0.5) is 0 Å². The lowest BCUT2D eigenvalue weighted by Crippen LogP contribution is -2.39. The Labute approximate surface area is 135 Å². The van der Waals surface area contributed by atoms with Crippen LogP contribution in [0.3, 0.4) is 0 Å². The fraction of sp³-hybridized carbons (Fsp3) is 0.375. The monoisotopic (exact) mass is 336 g/mol. The van der Waals surface area contributed by atoms with E-state index >= 15 is 0 Å². The summed E-state index contributed by atoms with van der Waals surface area (Å²) in [6.45, 7) is 2.66. The average Bonchev–Trinajstić information content (AvgIpc) is 2.52. The number of ether oxygens (including phenoxy) is 1. The second-order valence-corrected chi connectivity index (χ2v) is 6.81. The molecule has 7 heteroatoms. The number of hydrogen-bond acceptors (Lipinski definition) is 5. The fourth-order valence-corrected chi connectivity index (χ4v) is 3.65. The third-order valence-corrected chi connectivity index (χ3v) is 5.10. The predicted octanol–water partition coefficient (Wildman–Crippen LogP) is 2.24. The van der Waals surface area contributed by atoms with Crippen molar-refractivity contribution in [1.82, 2.24) is 9.71 Å². The van der Waals surface area contributed by atoms with Crippen LogP contribution in [0.25, 0.3) is 10.9 Å². The van der Waals surface area contributed by atoms with Crippen molar-refractivity contribution in [2.75, 3.05) is 6.61 Å². The number of rotatable bonds is 5. The normalized spacial score (nSPS) is 14.5. The maximum atomic E-state index is 12.3. The molecule has 23 heavy (non-hydrogen) atoms. The third-order valence-electron chi connectivity index (χ3n) is 3.55. The van der Waals surface area contributed by atoms with Gasteiger partial charge in [-0.1, -0.05) is 24.6 Å². The van der Waals surface area contributed by atoms with Crippen LogP contribution >= 0.6 is 0 Å². The number of sulfonamides is 1. The maximum absolute atomic E-state index is 12.3. The van der Waals surface area contributed by atoms with E-state index in [4.69, 9.17) is 0 Å². The van der Waals surface area contributed by atoms with Crippen molar-refractivity contribution < 1.29 is 17.9 Å². The number of hydrogen-bond donors (Lipinski definition) is 1. The molecule has 1 aliphatic rings. The van der Waals surface area contributed by atoms with Gasteiger partial charge in [0.25, 0.3) is 6.47 Å². The van der Waals surface area contributed by atoms with Crippen LogP contribution in [-0.2, 0) is 19.6 Å². The second-order valence-electron chi connectivity index (χ2n) is 5.13. The number of nitrogens with zero attached hydrogens (tertiary/aromatic N) is 1. The lowest BCUT2D eigenvalue weighted by Gasteiger charge is -2.26. The van der Waals surface area contributed by atoms with Crippen LogP contribution < -0.4 is 4.72 Å². The number of benzene rings is 1. The van der Waals surface area contributed by atoms with Crippen molar-refractivity contribution in [2.24, 2.45) is 0 Å². The summed E-state index contributed by atoms with van der Waals surface area (Å²) in [5.41, 5.74) is 0.534. The number of pyridine rings is 1. The Morgan fingerprint density at radius 3 is 2.61 bits per heavy atom. The van der Waals surface area contributed by atoms with E-state index in [0.717, 1.165) is 24.6 Å². The van der Waals surface area contributed by atoms with Crippen molar-refractivity contribution >= 4 is 27.4 Å². The van der Waals surface area contributed by atoms with Crippen LogP contribution in [-0.4, -0.2) is 32.5 Å². The number of aromatic nitrogens is 1. The zero-order chi connectivity index (χ0) is 16.7. The predicted molar refractivity (Wildman–Crippen MR) is 87.4 cm³/mol. The van der Waals surface area contributed by atoms with Gasteiger partial charge in [-0.05, 0) is 31.9 Å². The zero-order valence-electron chi connectivity index (χ0n) is 12.9. The van der Waals surface area contributed by atoms with Crippen LogP contribution in [0.15, 0.2) is 41.4 Å². The van der Waals surface area contributed by atoms with Gasteiger partial charge < -0.3 is 4.74 Å². The SMILES string of the molecule is CCOC=O.O=S(=O)(NC1CCC1)c1cccc2cccnc12. The Morgan fingerprint density at radius 1 is 1.30 bits per heavy atom. The molecule has 1 aromatic carbocycles. The molecule has 1 fully saturated rings. The lowest BCUT2D eigenvalue weighted by molar-refractivity contribution is -0.128. The van der Waals surface area contributed by atoms with E-state index in [1.54, 1.807) is 31.3 Å². The minimum atomic E-state index is -3.46. The van der Waals surface area contributed by atoms with Gasteiger partial charge in [-0.3, -0.25) is 9.78 Å². The smallest absolute Gasteiger partial charge is 0.293 e. The summed E-state index contributed by atoms with van der Waals surface area (Å²) in [7, 11) is -3.46. The Balaban J connectivity index is 0.000000338. The Kier molecular flexibility index (Phi) is 6.06. The van der Waals surface area contributed by atoms with E-state index in [2.05, 4.69) is 14.4 Å². The first-order valence-electron chi connectivity index (χ1n) is 7.50. The van der Waals surface area contributed by atoms with Crippen LogP contribution in [0.2, 0.25) is 0 Å². The van der Waals surface area contributed by atoms with Gasteiger partial charge in [0.1, 0.15) is 4.90 Å². The van der Waals surface area contributed by atoms with Gasteiger partial charge in [0.05, 0.1) is 12.1 Å². The minimum absolute atomic E-state index is 0.0916. The standard InChI is InChI=1S/C13H14N2O2S.C3H6O2/c16-18(17,15-11-6-2-7-11)12-8-1-4-10-5-3-9-14-13(10)12;1-2-5-3-4/h1,3-5,8-9,11,15H,2,6-7H2;3H,2H2,1H3. The highest BCUT2D eigenvalue weighted by atomic mass is 32.2. The molecule has 6 nitrogen and oxygen atoms in total. The van der Waals surface area contributed by atoms with Gasteiger partial charge in [-0.15, -0.1) is 0 Å². The van der Waals surface area contributed by atoms with Gasteiger partial charge in [0.15, 0.2) is 0 Å². The molecule has 0 bridgehead atoms. The molecule has 1 N–H and O–H groups in total. The molecule has 0 saturated heterocycles. The summed E-state index contributed by atoms with van der Waals surface area (Å²) in [6, 6.07) is 8.98. The summed E-state index contributed by atoms with van der Waals surface area (Å²) < 4.78 is 31.5. The highest BCUT2D eigenvalue weighted by Gasteiger charge is 2.26. The average molecular weight is 336 g/mol. The van der Waals surface area contributed by atoms with Crippen molar-refractivity contribution in [2.45, 2.75) is 37.1 Å². The van der Waals surface area contributed by atoms with Crippen LogP contribution in [0.1, 0.15) is 26.2 Å². The van der Waals surface area contributed by atoms with Gasteiger partial charge in [-0.2, -0.15) is 0 Å². The van der Waals surface area contributed by atoms with Crippen molar-refractivity contribution in [3.63, 3.8) is 0 Å². The van der Waals surface area contributed by atoms with E-state index in [-0.39, 0.29) is 10.9 Å². The Hall–Kier alpha value is -1.99. The van der Waals surface area contributed by atoms with Crippen LogP contribution in [0, 0.1) is 0 Å². The Bertz CT molecular complexity index is 752. The molecule has 1 aliphatic carbocycles. The molecular weight excluding hydrogens is 316 g/mol. The Morgan fingerprint density at radius 2 is 2.04 bits per heavy atom. The number of nitrogens with one attached hydrogen (secondary N) is 1. The lowest BCUT2D eigenvalue weighted by atomic mass is 9.94. The molecule has 0 aliphatic heterocycles. The summed E-state index contributed by atoms with van der Waals surface area (Å²) in [5.74, 6) is 0. The first-order valence-corrected chi connectivity index (χ1v) is 8.98. The van der Waals surface area contributed by atoms with E-state index in [1.807, 2.05) is 12.1 Å². The maximum Gasteiger partial charge on any atom is 0.293 e. The second kappa shape index (κ2) is 8.03. The highest BCUT2D eigenvalue weighted by molar-refractivity contribution is 7.89. The summed E-state index contributed by atoms with van der Waals surface area (Å²) >= 11 is 0. The van der Waals surface area contributed by atoms with E-state index in [0.29, 0.717) is 18.6 Å². The van der Waals surface area contributed by atoms with Crippen molar-refractivity contribution in [3.8, 4) is 0 Å². The number of para-hydroxylation sites is 1. The third kappa shape index (κ3) is 4.49. The van der Waals surface area contributed by atoms with Gasteiger partial charge in [-0.25, -0.2) is 13.1 Å². The zero-order valence-corrected chi connectivity index (χ0v) is 13.8. The summed E-state index contributed by atoms with van der Waals surface area (Å²) in [6.07, 6.45) is 4.57. The molecule has 0 spiro atoms. The summed E-state index contributed by atoms with van der Waals surface area (Å²) in [4.78, 5) is 13.6. The molecule has 124 valence electrons. The van der Waals surface area contributed by atoms with E-state index in [9.17, 15) is 13.2 Å². The first-order chi connectivity index (χ1) is 11.1. The molecule has 0 unspecified atom stereocenters. The topological polar surface area (TPSA) is 85.4 Å². The van der Waals surface area contributed by atoms with Gasteiger partial charge >= 0.3 is 0 Å². The first kappa shape index (κ1) is 17.4. The van der Waals surface area contributed by atoms with Gasteiger partial charge in [0.2, 0.25) is 10.0 Å². The molecule has 2 aromatic rings. The molecule has 1 aromatic heterocycles. The quantitative estimate of drug-likeness (QED) is 0.846. The highest BCUT2D eigenvalue weighted by Crippen LogP contribution is 2.24. The largest absolute Gasteiger partial charge is 0.468 e. The van der Waals surface area contributed by atoms with E-state index < -0.39 is 10.0 Å². The van der Waals surface area contributed by atoms with Crippen molar-refractivity contribution in [3.05, 3.63) is 36.5 Å². The van der Waals surface area contributed by atoms with Crippen LogP contribution in [0.5, 0.6) is 0 Å². The van der Waals surface area contributed by atoms with E-state index in [1.165, 1.54) is 0 Å². The number of carbonyl (C=O) groups excluding carboxylic acids is 1. The molecule has 3 rings (SSSR count). The van der Waals surface area contributed by atoms with Crippen molar-refractivity contribution in [1.29, 1.82) is 0 Å².